The molecule has 1 fully saturated rings. The third-order valence-electron chi connectivity index (χ3n) is 5.60. The SMILES string of the molecule is O=C(NO)C1(CS(=O)(=O)N2CCc3c(sc4ccccc34)C2)CCOCC1. The summed E-state index contributed by atoms with van der Waals surface area (Å²) >= 11 is 1.63. The molecule has 0 unspecified atom stereocenters. The number of rotatable bonds is 4. The topological polar surface area (TPSA) is 95.9 Å². The second-order valence-electron chi connectivity index (χ2n) is 7.17. The predicted molar refractivity (Wildman–Crippen MR) is 102 cm³/mol. The highest BCUT2D eigenvalue weighted by atomic mass is 32.2. The van der Waals surface area contributed by atoms with E-state index in [4.69, 9.17) is 9.94 Å². The number of carbonyl (C=O) groups is 1. The quantitative estimate of drug-likeness (QED) is 0.593. The molecule has 0 spiro atoms. The van der Waals surface area contributed by atoms with E-state index < -0.39 is 21.3 Å². The van der Waals surface area contributed by atoms with E-state index >= 15 is 0 Å². The van der Waals surface area contributed by atoms with Gasteiger partial charge in [-0.1, -0.05) is 18.2 Å². The first-order chi connectivity index (χ1) is 13.0. The molecular weight excluding hydrogens is 388 g/mol. The fourth-order valence-corrected chi connectivity index (χ4v) is 7.37. The Balaban J connectivity index is 1.59. The number of nitrogens with zero attached hydrogens (tertiary/aromatic N) is 1. The Hall–Kier alpha value is -1.52. The molecule has 0 radical (unpaired) electrons. The first kappa shape index (κ1) is 18.8. The highest BCUT2D eigenvalue weighted by Crippen LogP contribution is 2.38. The van der Waals surface area contributed by atoms with Crippen molar-refractivity contribution in [1.82, 2.24) is 9.79 Å². The zero-order valence-corrected chi connectivity index (χ0v) is 16.4. The minimum absolute atomic E-state index is 0.278. The molecule has 2 aromatic rings. The number of fused-ring (bicyclic) bond motifs is 3. The van der Waals surface area contributed by atoms with Gasteiger partial charge < -0.3 is 4.74 Å². The molecule has 1 amide bonds. The van der Waals surface area contributed by atoms with E-state index in [9.17, 15) is 13.2 Å². The maximum Gasteiger partial charge on any atom is 0.250 e. The molecule has 0 atom stereocenters. The highest BCUT2D eigenvalue weighted by Gasteiger charge is 2.45. The van der Waals surface area contributed by atoms with Crippen molar-refractivity contribution in [1.29, 1.82) is 0 Å². The summed E-state index contributed by atoms with van der Waals surface area (Å²) in [6.45, 7) is 1.36. The summed E-state index contributed by atoms with van der Waals surface area (Å²) in [5.41, 5.74) is 1.74. The number of thiophene rings is 1. The number of hydroxylamine groups is 1. The van der Waals surface area contributed by atoms with Crippen molar-refractivity contribution in [2.75, 3.05) is 25.5 Å². The van der Waals surface area contributed by atoms with Crippen molar-refractivity contribution in [2.45, 2.75) is 25.8 Å². The molecule has 1 aromatic heterocycles. The molecule has 0 saturated carbocycles. The van der Waals surface area contributed by atoms with Crippen LogP contribution in [-0.2, 0) is 32.5 Å². The molecule has 3 heterocycles. The van der Waals surface area contributed by atoms with Crippen molar-refractivity contribution in [3.05, 3.63) is 34.7 Å². The van der Waals surface area contributed by atoms with Gasteiger partial charge in [0.2, 0.25) is 10.0 Å². The van der Waals surface area contributed by atoms with Crippen molar-refractivity contribution >= 4 is 37.4 Å². The zero-order valence-electron chi connectivity index (χ0n) is 14.8. The molecule has 4 rings (SSSR count). The summed E-state index contributed by atoms with van der Waals surface area (Å²) in [5, 5.41) is 10.3. The Kier molecular flexibility index (Phi) is 4.98. The molecule has 2 aliphatic rings. The van der Waals surface area contributed by atoms with E-state index in [1.165, 1.54) is 20.0 Å². The third kappa shape index (κ3) is 3.38. The molecule has 2 N–H and O–H groups in total. The number of carbonyl (C=O) groups excluding carboxylic acids is 1. The van der Waals surface area contributed by atoms with Gasteiger partial charge in [-0.25, -0.2) is 13.9 Å². The average Bonchev–Trinajstić information content (AvgIpc) is 3.05. The van der Waals surface area contributed by atoms with Gasteiger partial charge in [-0.3, -0.25) is 10.0 Å². The van der Waals surface area contributed by atoms with Crippen LogP contribution in [0.2, 0.25) is 0 Å². The number of sulfonamides is 1. The Morgan fingerprint density at radius 1 is 1.30 bits per heavy atom. The predicted octanol–water partition coefficient (Wildman–Crippen LogP) is 1.89. The monoisotopic (exact) mass is 410 g/mol. The van der Waals surface area contributed by atoms with Crippen LogP contribution in [0.1, 0.15) is 23.3 Å². The molecule has 9 heteroatoms. The number of ether oxygens (including phenoxy) is 1. The van der Waals surface area contributed by atoms with Crippen LogP contribution in [0.5, 0.6) is 0 Å². The second-order valence-corrected chi connectivity index (χ2v) is 10.3. The fraction of sp³-hybridized carbons (Fsp3) is 0.500. The van der Waals surface area contributed by atoms with E-state index in [0.717, 1.165) is 4.88 Å². The maximum absolute atomic E-state index is 13.1. The summed E-state index contributed by atoms with van der Waals surface area (Å²) in [7, 11) is -3.66. The molecule has 2 aliphatic heterocycles. The average molecular weight is 411 g/mol. The summed E-state index contributed by atoms with van der Waals surface area (Å²) in [4.78, 5) is 13.3. The lowest BCUT2D eigenvalue weighted by atomic mass is 9.81. The maximum atomic E-state index is 13.1. The van der Waals surface area contributed by atoms with Gasteiger partial charge in [0.15, 0.2) is 0 Å². The first-order valence-corrected chi connectivity index (χ1v) is 11.4. The van der Waals surface area contributed by atoms with E-state index in [1.807, 2.05) is 12.1 Å². The largest absolute Gasteiger partial charge is 0.381 e. The van der Waals surface area contributed by atoms with E-state index in [1.54, 1.807) is 16.8 Å². The van der Waals surface area contributed by atoms with Gasteiger partial charge in [0.1, 0.15) is 0 Å². The van der Waals surface area contributed by atoms with Crippen LogP contribution in [0.25, 0.3) is 10.1 Å². The molecule has 27 heavy (non-hydrogen) atoms. The van der Waals surface area contributed by atoms with Crippen LogP contribution in [0.3, 0.4) is 0 Å². The Labute approximate surface area is 161 Å². The van der Waals surface area contributed by atoms with Crippen LogP contribution in [0, 0.1) is 5.41 Å². The number of nitrogens with one attached hydrogen (secondary N) is 1. The lowest BCUT2D eigenvalue weighted by Gasteiger charge is -2.36. The van der Waals surface area contributed by atoms with Crippen molar-refractivity contribution < 1.29 is 23.2 Å². The molecule has 1 saturated heterocycles. The summed E-state index contributed by atoms with van der Waals surface area (Å²) < 4.78 is 34.2. The lowest BCUT2D eigenvalue weighted by molar-refractivity contribution is -0.143. The van der Waals surface area contributed by atoms with Crippen molar-refractivity contribution in [2.24, 2.45) is 5.41 Å². The van der Waals surface area contributed by atoms with Gasteiger partial charge in [-0.2, -0.15) is 4.31 Å². The first-order valence-electron chi connectivity index (χ1n) is 8.95. The smallest absolute Gasteiger partial charge is 0.250 e. The fourth-order valence-electron chi connectivity index (χ4n) is 4.02. The van der Waals surface area contributed by atoms with Gasteiger partial charge in [0.25, 0.3) is 5.91 Å². The Morgan fingerprint density at radius 3 is 2.78 bits per heavy atom. The zero-order chi connectivity index (χ0) is 19.1. The molecular formula is C18H22N2O5S2. The Bertz CT molecular complexity index is 963. The van der Waals surface area contributed by atoms with Gasteiger partial charge in [-0.15, -0.1) is 11.3 Å². The lowest BCUT2D eigenvalue weighted by Crippen LogP contribution is -2.51. The Morgan fingerprint density at radius 2 is 2.04 bits per heavy atom. The standard InChI is InChI=1S/C18H22N2O5S2/c21-17(19-22)18(6-9-25-10-7-18)12-27(23,24)20-8-5-14-13-3-1-2-4-15(13)26-16(14)11-20/h1-4,22H,5-12H2,(H,19,21). The molecule has 0 aliphatic carbocycles. The van der Waals surface area contributed by atoms with Crippen LogP contribution >= 0.6 is 11.3 Å². The summed E-state index contributed by atoms with van der Waals surface area (Å²) in [6, 6.07) is 8.12. The van der Waals surface area contributed by atoms with E-state index in [0.29, 0.717) is 32.7 Å². The minimum Gasteiger partial charge on any atom is -0.381 e. The van der Waals surface area contributed by atoms with Crippen molar-refractivity contribution in [3.63, 3.8) is 0 Å². The van der Waals surface area contributed by atoms with Gasteiger partial charge in [0.05, 0.1) is 11.2 Å². The van der Waals surface area contributed by atoms with Gasteiger partial charge >= 0.3 is 0 Å². The molecule has 1 aromatic carbocycles. The second kappa shape index (κ2) is 7.14. The highest BCUT2D eigenvalue weighted by molar-refractivity contribution is 7.89. The molecule has 146 valence electrons. The number of benzene rings is 1. The molecule has 0 bridgehead atoms. The van der Waals surface area contributed by atoms with E-state index in [2.05, 4.69) is 12.1 Å². The number of amides is 1. The molecule has 7 nitrogen and oxygen atoms in total. The van der Waals surface area contributed by atoms with Crippen molar-refractivity contribution in [3.8, 4) is 0 Å². The van der Waals surface area contributed by atoms with E-state index in [-0.39, 0.29) is 18.6 Å². The summed E-state index contributed by atoms with van der Waals surface area (Å²) in [5.74, 6) is -0.954. The third-order valence-corrected chi connectivity index (χ3v) is 8.81. The summed E-state index contributed by atoms with van der Waals surface area (Å²) in [6.07, 6.45) is 1.22. The minimum atomic E-state index is -3.66. The van der Waals surface area contributed by atoms with Crippen LogP contribution < -0.4 is 5.48 Å². The van der Waals surface area contributed by atoms with Crippen LogP contribution in [0.15, 0.2) is 24.3 Å². The van der Waals surface area contributed by atoms with Gasteiger partial charge in [0, 0.05) is 35.9 Å². The number of hydrogen-bond donors (Lipinski definition) is 2. The van der Waals surface area contributed by atoms with Crippen LogP contribution in [0.4, 0.5) is 0 Å². The van der Waals surface area contributed by atoms with Crippen LogP contribution in [-0.4, -0.2) is 49.3 Å². The normalized spacial score (nSPS) is 20.3. The number of hydrogen-bond acceptors (Lipinski definition) is 6. The van der Waals surface area contributed by atoms with Gasteiger partial charge in [-0.05, 0) is 36.3 Å².